The summed E-state index contributed by atoms with van der Waals surface area (Å²) in [4.78, 5) is 20.7. The van der Waals surface area contributed by atoms with Crippen LogP contribution < -0.4 is 5.32 Å². The Morgan fingerprint density at radius 2 is 2.06 bits per heavy atom. The van der Waals surface area contributed by atoms with Crippen molar-refractivity contribution in [1.82, 2.24) is 29.4 Å². The minimum absolute atomic E-state index is 0.0672. The van der Waals surface area contributed by atoms with Crippen LogP contribution in [0.15, 0.2) is 30.6 Å². The predicted octanol–water partition coefficient (Wildman–Crippen LogP) is 3.06. The Kier molecular flexibility index (Phi) is 4.99. The van der Waals surface area contributed by atoms with Crippen LogP contribution in [-0.2, 0) is 22.8 Å². The number of para-hydroxylation sites is 1. The van der Waals surface area contributed by atoms with Gasteiger partial charge in [0.25, 0.3) is 0 Å². The number of carbonyl (C=O) groups excluding carboxylic acids is 1. The van der Waals surface area contributed by atoms with Crippen molar-refractivity contribution in [3.8, 4) is 11.4 Å². The first-order valence-corrected chi connectivity index (χ1v) is 9.38. The van der Waals surface area contributed by atoms with Crippen molar-refractivity contribution >= 4 is 28.5 Å². The number of anilines is 1. The summed E-state index contributed by atoms with van der Waals surface area (Å²) in [5, 5.41) is 11.4. The summed E-state index contributed by atoms with van der Waals surface area (Å²) in [5.41, 5.74) is -0.472. The molecule has 0 amide bonds. The fraction of sp³-hybridized carbons (Fsp3) is 0.316. The highest BCUT2D eigenvalue weighted by atomic mass is 19.4. The molecule has 1 atom stereocenters. The maximum atomic E-state index is 13.6. The summed E-state index contributed by atoms with van der Waals surface area (Å²) in [6.45, 7) is 3.34. The van der Waals surface area contributed by atoms with E-state index in [1.807, 2.05) is 0 Å². The molecule has 0 bridgehead atoms. The zero-order chi connectivity index (χ0) is 22.3. The van der Waals surface area contributed by atoms with E-state index in [4.69, 9.17) is 4.74 Å². The molecule has 0 spiro atoms. The molecule has 162 valence electrons. The number of carbonyl (C=O) groups is 1. The Balaban J connectivity index is 1.96. The maximum absolute atomic E-state index is 13.6. The van der Waals surface area contributed by atoms with Crippen LogP contribution in [0.5, 0.6) is 0 Å². The van der Waals surface area contributed by atoms with Crippen LogP contribution in [0, 0.1) is 0 Å². The van der Waals surface area contributed by atoms with E-state index in [0.29, 0.717) is 5.56 Å². The molecule has 12 heteroatoms. The second kappa shape index (κ2) is 7.52. The highest BCUT2D eigenvalue weighted by molar-refractivity contribution is 5.95. The van der Waals surface area contributed by atoms with Crippen LogP contribution in [0.1, 0.15) is 19.4 Å². The minimum Gasteiger partial charge on any atom is -0.464 e. The molecule has 0 radical (unpaired) electrons. The van der Waals surface area contributed by atoms with E-state index in [1.165, 1.54) is 23.6 Å². The molecule has 1 N–H and O–H groups in total. The monoisotopic (exact) mass is 433 g/mol. The molecule has 0 unspecified atom stereocenters. The fourth-order valence-corrected chi connectivity index (χ4v) is 3.13. The molecule has 0 aliphatic carbocycles. The number of ether oxygens (including phenoxy) is 1. The fourth-order valence-electron chi connectivity index (χ4n) is 3.13. The third kappa shape index (κ3) is 3.76. The molecular formula is C19H18F3N7O2. The summed E-state index contributed by atoms with van der Waals surface area (Å²) in [5.74, 6) is -0.386. The Morgan fingerprint density at radius 1 is 1.29 bits per heavy atom. The molecule has 0 aliphatic heterocycles. The van der Waals surface area contributed by atoms with E-state index in [9.17, 15) is 18.0 Å². The van der Waals surface area contributed by atoms with Gasteiger partial charge < -0.3 is 10.1 Å². The zero-order valence-corrected chi connectivity index (χ0v) is 16.8. The van der Waals surface area contributed by atoms with Crippen molar-refractivity contribution in [3.05, 3.63) is 36.2 Å². The molecule has 4 rings (SSSR count). The largest absolute Gasteiger partial charge is 0.464 e. The van der Waals surface area contributed by atoms with Crippen molar-refractivity contribution in [2.75, 3.05) is 11.9 Å². The second-order valence-electron chi connectivity index (χ2n) is 6.83. The molecule has 0 aliphatic rings. The number of alkyl halides is 3. The highest BCUT2D eigenvalue weighted by Gasteiger charge is 2.34. The van der Waals surface area contributed by atoms with E-state index in [1.54, 1.807) is 31.0 Å². The number of aromatic nitrogens is 6. The quantitative estimate of drug-likeness (QED) is 0.483. The third-order valence-electron chi connectivity index (χ3n) is 4.56. The lowest BCUT2D eigenvalue weighted by atomic mass is 10.1. The number of nitrogens with zero attached hydrogens (tertiary/aromatic N) is 6. The van der Waals surface area contributed by atoms with Crippen LogP contribution >= 0.6 is 0 Å². The lowest BCUT2D eigenvalue weighted by Gasteiger charge is -2.16. The molecule has 0 fully saturated rings. The number of benzene rings is 1. The molecule has 9 nitrogen and oxygen atoms in total. The lowest BCUT2D eigenvalue weighted by Crippen LogP contribution is -2.29. The number of aryl methyl sites for hydroxylation is 1. The molecule has 1 aromatic carbocycles. The average Bonchev–Trinajstić information content (AvgIpc) is 3.33. The molecule has 4 aromatic rings. The topological polar surface area (TPSA) is 99.2 Å². The summed E-state index contributed by atoms with van der Waals surface area (Å²) >= 11 is 0. The summed E-state index contributed by atoms with van der Waals surface area (Å²) in [7, 11) is 1.72. The summed E-state index contributed by atoms with van der Waals surface area (Å²) < 4.78 is 48.7. The van der Waals surface area contributed by atoms with Crippen molar-refractivity contribution in [2.24, 2.45) is 7.05 Å². The van der Waals surface area contributed by atoms with Crippen molar-refractivity contribution < 1.29 is 22.7 Å². The van der Waals surface area contributed by atoms with Gasteiger partial charge >= 0.3 is 12.1 Å². The van der Waals surface area contributed by atoms with Gasteiger partial charge in [-0.1, -0.05) is 6.07 Å². The summed E-state index contributed by atoms with van der Waals surface area (Å²) in [6.07, 6.45) is -1.40. The van der Waals surface area contributed by atoms with E-state index in [2.05, 4.69) is 25.5 Å². The number of rotatable bonds is 5. The van der Waals surface area contributed by atoms with Crippen LogP contribution in [-0.4, -0.2) is 48.0 Å². The normalized spacial score (nSPS) is 13.0. The molecule has 3 aromatic heterocycles. The van der Waals surface area contributed by atoms with Crippen LogP contribution in [0.2, 0.25) is 0 Å². The minimum atomic E-state index is -4.62. The molecule has 0 saturated heterocycles. The summed E-state index contributed by atoms with van der Waals surface area (Å²) in [6, 6.07) is 2.85. The lowest BCUT2D eigenvalue weighted by molar-refractivity contribution is -0.143. The standard InChI is InChI=1S/C19H18F3N7O2/c1-4-31-17(30)10(2)24-18-25-14-12(6-5-7-13(14)19(20,21)22)16-26-15(27-29(16)18)11-8-23-28(3)9-11/h5-10H,4H2,1-3H3,(H,24,25)/t10-/m1/s1. The van der Waals surface area contributed by atoms with Crippen LogP contribution in [0.25, 0.3) is 27.9 Å². The smallest absolute Gasteiger partial charge is 0.418 e. The van der Waals surface area contributed by atoms with E-state index in [-0.39, 0.29) is 34.9 Å². The van der Waals surface area contributed by atoms with Gasteiger partial charge in [-0.15, -0.1) is 5.10 Å². The average molecular weight is 433 g/mol. The maximum Gasteiger partial charge on any atom is 0.418 e. The second-order valence-corrected chi connectivity index (χ2v) is 6.83. The first-order chi connectivity index (χ1) is 14.7. The number of fused-ring (bicyclic) bond motifs is 3. The zero-order valence-electron chi connectivity index (χ0n) is 16.8. The first kappa shape index (κ1) is 20.6. The molecule has 0 saturated carbocycles. The van der Waals surface area contributed by atoms with Crippen LogP contribution in [0.3, 0.4) is 0 Å². The third-order valence-corrected chi connectivity index (χ3v) is 4.56. The van der Waals surface area contributed by atoms with Gasteiger partial charge in [0.2, 0.25) is 5.95 Å². The first-order valence-electron chi connectivity index (χ1n) is 9.38. The van der Waals surface area contributed by atoms with Gasteiger partial charge in [0.05, 0.1) is 29.4 Å². The Bertz CT molecular complexity index is 1280. The number of hydrogen-bond donors (Lipinski definition) is 1. The molecule has 3 heterocycles. The van der Waals surface area contributed by atoms with Gasteiger partial charge in [0.15, 0.2) is 11.5 Å². The highest BCUT2D eigenvalue weighted by Crippen LogP contribution is 2.36. The van der Waals surface area contributed by atoms with Crippen molar-refractivity contribution in [1.29, 1.82) is 0 Å². The van der Waals surface area contributed by atoms with E-state index in [0.717, 1.165) is 6.07 Å². The molecule has 31 heavy (non-hydrogen) atoms. The van der Waals surface area contributed by atoms with Crippen LogP contribution in [0.4, 0.5) is 19.1 Å². The Morgan fingerprint density at radius 3 is 2.71 bits per heavy atom. The van der Waals surface area contributed by atoms with E-state index >= 15 is 0 Å². The van der Waals surface area contributed by atoms with Gasteiger partial charge in [0.1, 0.15) is 6.04 Å². The number of halogens is 3. The van der Waals surface area contributed by atoms with E-state index < -0.39 is 23.8 Å². The van der Waals surface area contributed by atoms with Gasteiger partial charge in [-0.05, 0) is 26.0 Å². The van der Waals surface area contributed by atoms with Gasteiger partial charge in [-0.2, -0.15) is 22.8 Å². The van der Waals surface area contributed by atoms with Gasteiger partial charge in [0, 0.05) is 18.6 Å². The predicted molar refractivity (Wildman–Crippen MR) is 105 cm³/mol. The van der Waals surface area contributed by atoms with Crippen molar-refractivity contribution in [2.45, 2.75) is 26.1 Å². The SMILES string of the molecule is CCOC(=O)[C@@H](C)Nc1nc2c(C(F)(F)F)cccc2c2nc(-c3cnn(C)c3)nn12. The number of nitrogens with one attached hydrogen (secondary N) is 1. The number of hydrogen-bond acceptors (Lipinski definition) is 7. The van der Waals surface area contributed by atoms with Crippen molar-refractivity contribution in [3.63, 3.8) is 0 Å². The Labute approximate surface area is 173 Å². The Hall–Kier alpha value is -3.70. The van der Waals surface area contributed by atoms with Gasteiger partial charge in [-0.3, -0.25) is 4.68 Å². The van der Waals surface area contributed by atoms with Gasteiger partial charge in [-0.25, -0.2) is 14.8 Å². The number of esters is 1. The molecular weight excluding hydrogens is 415 g/mol.